The Labute approximate surface area is 218 Å². The molecular weight excluding hydrogens is 526 g/mol. The Morgan fingerprint density at radius 1 is 0.462 bits per heavy atom. The second-order valence-corrected chi connectivity index (χ2v) is 8.31. The molecule has 0 radical (unpaired) electrons. The van der Waals surface area contributed by atoms with Crippen LogP contribution >= 0.6 is 0 Å². The maximum Gasteiger partial charge on any atom is 0.411 e. The summed E-state index contributed by atoms with van der Waals surface area (Å²) in [6, 6.07) is 21.2. The summed E-state index contributed by atoms with van der Waals surface area (Å²) in [6.07, 6.45) is -11.6. The fourth-order valence-electron chi connectivity index (χ4n) is 4.01. The molecule has 4 aromatic rings. The van der Waals surface area contributed by atoms with Gasteiger partial charge in [0, 0.05) is 0 Å². The fourth-order valence-corrected chi connectivity index (χ4v) is 4.01. The normalized spacial score (nSPS) is 12.1. The third kappa shape index (κ3) is 5.50. The zero-order chi connectivity index (χ0) is 28.3. The molecule has 39 heavy (non-hydrogen) atoms. The van der Waals surface area contributed by atoms with E-state index in [2.05, 4.69) is 0 Å². The average Bonchev–Trinajstić information content (AvgIpc) is 2.90. The first kappa shape index (κ1) is 27.4. The number of rotatable bonds is 6. The minimum absolute atomic E-state index is 0.148. The molecule has 0 aliphatic heterocycles. The maximum atomic E-state index is 14.4. The van der Waals surface area contributed by atoms with Crippen molar-refractivity contribution in [1.29, 1.82) is 0 Å². The molecule has 0 aromatic heterocycles. The van der Waals surface area contributed by atoms with Gasteiger partial charge in [-0.2, -0.15) is 26.3 Å². The molecule has 0 bridgehead atoms. The Morgan fingerprint density at radius 3 is 1.05 bits per heavy atom. The van der Waals surface area contributed by atoms with Crippen LogP contribution in [0.15, 0.2) is 109 Å². The first-order valence-corrected chi connectivity index (χ1v) is 11.3. The van der Waals surface area contributed by atoms with E-state index in [-0.39, 0.29) is 22.6 Å². The Morgan fingerprint density at radius 2 is 0.769 bits per heavy atom. The highest BCUT2D eigenvalue weighted by molar-refractivity contribution is 5.91. The van der Waals surface area contributed by atoms with Crippen LogP contribution in [-0.4, -0.2) is 24.3 Å². The van der Waals surface area contributed by atoms with Gasteiger partial charge in [0.05, 0.1) is 11.1 Å². The van der Waals surface area contributed by atoms with E-state index >= 15 is 0 Å². The monoisotopic (exact) mass is 544 g/mol. The van der Waals surface area contributed by atoms with Gasteiger partial charge < -0.3 is 9.47 Å². The van der Waals surface area contributed by atoms with Crippen LogP contribution in [0.3, 0.4) is 0 Å². The van der Waals surface area contributed by atoms with E-state index in [0.29, 0.717) is 24.3 Å². The van der Waals surface area contributed by atoms with Crippen LogP contribution in [0.1, 0.15) is 31.8 Å². The van der Waals surface area contributed by atoms with Crippen molar-refractivity contribution in [3.8, 4) is 11.5 Å². The van der Waals surface area contributed by atoms with Crippen molar-refractivity contribution in [2.75, 3.05) is 0 Å². The summed E-state index contributed by atoms with van der Waals surface area (Å²) < 4.78 is 96.7. The molecule has 4 rings (SSSR count). The van der Waals surface area contributed by atoms with E-state index in [1.165, 1.54) is 24.3 Å². The van der Waals surface area contributed by atoms with Crippen molar-refractivity contribution >= 4 is 11.9 Å². The van der Waals surface area contributed by atoms with Gasteiger partial charge in [0.15, 0.2) is 0 Å². The molecule has 0 spiro atoms. The lowest BCUT2D eigenvalue weighted by molar-refractivity contribution is -0.288. The van der Waals surface area contributed by atoms with E-state index in [1.54, 1.807) is 36.4 Å². The molecule has 4 aromatic carbocycles. The van der Waals surface area contributed by atoms with E-state index in [4.69, 9.17) is 9.47 Å². The van der Waals surface area contributed by atoms with Crippen molar-refractivity contribution < 1.29 is 45.4 Å². The first-order valence-electron chi connectivity index (χ1n) is 11.3. The zero-order valence-electron chi connectivity index (χ0n) is 19.8. The second kappa shape index (κ2) is 10.6. The molecule has 10 heteroatoms. The van der Waals surface area contributed by atoms with Gasteiger partial charge >= 0.3 is 24.3 Å². The van der Waals surface area contributed by atoms with Gasteiger partial charge in [0.1, 0.15) is 11.5 Å². The third-order valence-electron chi connectivity index (χ3n) is 5.87. The highest BCUT2D eigenvalue weighted by atomic mass is 19.4. The van der Waals surface area contributed by atoms with Crippen LogP contribution < -0.4 is 9.47 Å². The Bertz CT molecular complexity index is 1320. The van der Waals surface area contributed by atoms with Crippen molar-refractivity contribution in [1.82, 2.24) is 0 Å². The van der Waals surface area contributed by atoms with Crippen LogP contribution in [0.25, 0.3) is 0 Å². The summed E-state index contributed by atoms with van der Waals surface area (Å²) in [5.41, 5.74) is -6.42. The maximum absolute atomic E-state index is 14.4. The Hall–Kier alpha value is -4.60. The van der Waals surface area contributed by atoms with Crippen LogP contribution in [0.4, 0.5) is 26.3 Å². The largest absolute Gasteiger partial charge is 0.423 e. The van der Waals surface area contributed by atoms with Crippen molar-refractivity contribution in [2.24, 2.45) is 0 Å². The molecule has 0 atom stereocenters. The Balaban J connectivity index is 1.68. The molecule has 4 nitrogen and oxygen atoms in total. The molecular formula is C29H18F6O4. The molecule has 0 amide bonds. The van der Waals surface area contributed by atoms with E-state index < -0.39 is 40.8 Å². The summed E-state index contributed by atoms with van der Waals surface area (Å²) in [6.45, 7) is 0. The topological polar surface area (TPSA) is 52.6 Å². The first-order chi connectivity index (χ1) is 18.4. The molecule has 0 N–H and O–H groups in total. The number of carbonyl (C=O) groups excluding carboxylic acids is 2. The predicted octanol–water partition coefficient (Wildman–Crippen LogP) is 7.54. The molecule has 0 saturated carbocycles. The van der Waals surface area contributed by atoms with Crippen molar-refractivity contribution in [2.45, 2.75) is 17.8 Å². The number of esters is 2. The second-order valence-electron chi connectivity index (χ2n) is 8.31. The number of carbonyl (C=O) groups is 2. The lowest BCUT2D eigenvalue weighted by Gasteiger charge is -2.38. The number of benzene rings is 4. The molecule has 0 saturated heterocycles. The minimum Gasteiger partial charge on any atom is -0.423 e. The Kier molecular flexibility index (Phi) is 7.49. The van der Waals surface area contributed by atoms with E-state index in [1.807, 2.05) is 0 Å². The molecule has 0 aliphatic carbocycles. The van der Waals surface area contributed by atoms with E-state index in [0.717, 1.165) is 24.3 Å². The zero-order valence-corrected chi connectivity index (χ0v) is 19.8. The standard InChI is InChI=1S/C29H18F6O4/c30-28(31,32)27(29(33,34)35,21-11-15-23(16-12-21)38-25(36)19-7-3-1-4-8-19)22-13-17-24(18-14-22)39-26(37)20-9-5-2-6-10-20/h1-18H. The molecule has 0 unspecified atom stereocenters. The SMILES string of the molecule is O=C(Oc1ccc(C(c2ccc(OC(=O)c3ccccc3)cc2)(C(F)(F)F)C(F)(F)F)cc1)c1ccccc1. The lowest BCUT2D eigenvalue weighted by Crippen LogP contribution is -2.54. The summed E-state index contributed by atoms with van der Waals surface area (Å²) in [5, 5.41) is 0. The van der Waals surface area contributed by atoms with Gasteiger partial charge in [-0.05, 0) is 59.7 Å². The number of halogens is 6. The summed E-state index contributed by atoms with van der Waals surface area (Å²) >= 11 is 0. The van der Waals surface area contributed by atoms with Gasteiger partial charge in [-0.1, -0.05) is 60.7 Å². The van der Waals surface area contributed by atoms with Crippen LogP contribution in [-0.2, 0) is 5.41 Å². The van der Waals surface area contributed by atoms with Gasteiger partial charge in [-0.3, -0.25) is 0 Å². The molecule has 200 valence electrons. The van der Waals surface area contributed by atoms with Crippen LogP contribution in [0.2, 0.25) is 0 Å². The summed E-state index contributed by atoms with van der Waals surface area (Å²) in [4.78, 5) is 24.4. The van der Waals surface area contributed by atoms with Gasteiger partial charge in [0.2, 0.25) is 5.41 Å². The average molecular weight is 544 g/mol. The predicted molar refractivity (Wildman–Crippen MR) is 129 cm³/mol. The molecule has 0 fully saturated rings. The van der Waals surface area contributed by atoms with E-state index in [9.17, 15) is 35.9 Å². The van der Waals surface area contributed by atoms with Gasteiger partial charge in [0.25, 0.3) is 0 Å². The highest BCUT2D eigenvalue weighted by Gasteiger charge is 2.72. The summed E-state index contributed by atoms with van der Waals surface area (Å²) in [5.74, 6) is -2.15. The number of hydrogen-bond donors (Lipinski definition) is 0. The minimum atomic E-state index is -5.82. The number of alkyl halides is 6. The fraction of sp³-hybridized carbons (Fsp3) is 0.103. The third-order valence-corrected chi connectivity index (χ3v) is 5.87. The van der Waals surface area contributed by atoms with Gasteiger partial charge in [-0.25, -0.2) is 9.59 Å². The van der Waals surface area contributed by atoms with Crippen molar-refractivity contribution in [3.05, 3.63) is 131 Å². The quantitative estimate of drug-likeness (QED) is 0.143. The highest BCUT2D eigenvalue weighted by Crippen LogP contribution is 2.56. The smallest absolute Gasteiger partial charge is 0.411 e. The summed E-state index contributed by atoms with van der Waals surface area (Å²) in [7, 11) is 0. The van der Waals surface area contributed by atoms with Crippen LogP contribution in [0.5, 0.6) is 11.5 Å². The molecule has 0 heterocycles. The molecule has 0 aliphatic rings. The van der Waals surface area contributed by atoms with Crippen LogP contribution in [0, 0.1) is 0 Å². The van der Waals surface area contributed by atoms with Gasteiger partial charge in [-0.15, -0.1) is 0 Å². The number of ether oxygens (including phenoxy) is 2. The lowest BCUT2D eigenvalue weighted by atomic mass is 9.73. The van der Waals surface area contributed by atoms with Crippen molar-refractivity contribution in [3.63, 3.8) is 0 Å². The number of hydrogen-bond acceptors (Lipinski definition) is 4.